The number of fused-ring (bicyclic) bond motifs is 1. The topological polar surface area (TPSA) is 124 Å². The van der Waals surface area contributed by atoms with E-state index in [1.54, 1.807) is 35.0 Å². The van der Waals surface area contributed by atoms with Crippen LogP contribution >= 0.6 is 0 Å². The van der Waals surface area contributed by atoms with E-state index in [4.69, 9.17) is 19.5 Å². The molecule has 2 aliphatic rings. The molecular formula is C18H18N6O4. The number of hydrogen-bond acceptors (Lipinski definition) is 8. The van der Waals surface area contributed by atoms with Gasteiger partial charge in [0.25, 0.3) is 0 Å². The maximum atomic E-state index is 12.2. The largest absolute Gasteiger partial charge is 0.441 e. The highest BCUT2D eigenvalue weighted by Crippen LogP contribution is 2.35. The van der Waals surface area contributed by atoms with Crippen LogP contribution in [0.5, 0.6) is 0 Å². The number of nitrogens with zero attached hydrogens (tertiary/aromatic N) is 5. The first-order chi connectivity index (χ1) is 13.7. The summed E-state index contributed by atoms with van der Waals surface area (Å²) < 4.78 is 18.8. The van der Waals surface area contributed by atoms with Gasteiger partial charge in [-0.1, -0.05) is 12.1 Å². The second kappa shape index (κ2) is 7.75. The summed E-state index contributed by atoms with van der Waals surface area (Å²) in [6.07, 6.45) is 0.362. The van der Waals surface area contributed by atoms with E-state index >= 15 is 0 Å². The number of carbonyl (C=O) groups is 1. The Morgan fingerprint density at radius 1 is 1.43 bits per heavy atom. The quantitative estimate of drug-likeness (QED) is 0.766. The highest BCUT2D eigenvalue weighted by Gasteiger charge is 2.51. The first-order valence-corrected chi connectivity index (χ1v) is 8.78. The van der Waals surface area contributed by atoms with Crippen molar-refractivity contribution in [3.8, 4) is 6.07 Å². The normalized spacial score (nSPS) is 25.7. The second-order valence-electron chi connectivity index (χ2n) is 6.46. The lowest BCUT2D eigenvalue weighted by Gasteiger charge is -2.17. The van der Waals surface area contributed by atoms with Gasteiger partial charge in [0.2, 0.25) is 0 Å². The van der Waals surface area contributed by atoms with Crippen molar-refractivity contribution in [2.75, 3.05) is 18.5 Å². The van der Waals surface area contributed by atoms with Gasteiger partial charge in [-0.3, -0.25) is 5.32 Å². The molecule has 2 aromatic rings. The lowest BCUT2D eigenvalue weighted by Crippen LogP contribution is -2.35. The SMILES string of the molecule is C=CCc1nnnn1[C@H]1CO[C@H]2[C@@H]1OC[C@H]2OC(=O)Nc1cccc(C#N)c1. The number of nitriles is 1. The number of ether oxygens (including phenoxy) is 3. The minimum atomic E-state index is -0.633. The van der Waals surface area contributed by atoms with Gasteiger partial charge < -0.3 is 14.2 Å². The molecule has 144 valence electrons. The number of aromatic nitrogens is 4. The summed E-state index contributed by atoms with van der Waals surface area (Å²) in [6.45, 7) is 4.28. The third kappa shape index (κ3) is 3.45. The summed E-state index contributed by atoms with van der Waals surface area (Å²) in [5, 5.41) is 23.3. The van der Waals surface area contributed by atoms with Gasteiger partial charge in [-0.25, -0.2) is 9.48 Å². The molecule has 4 rings (SSSR count). The zero-order valence-electron chi connectivity index (χ0n) is 14.9. The zero-order valence-corrected chi connectivity index (χ0v) is 14.9. The van der Waals surface area contributed by atoms with Crippen LogP contribution in [-0.4, -0.2) is 57.8 Å². The van der Waals surface area contributed by atoms with Gasteiger partial charge in [-0.2, -0.15) is 5.26 Å². The van der Waals surface area contributed by atoms with Crippen LogP contribution in [0.3, 0.4) is 0 Å². The number of carbonyl (C=O) groups excluding carboxylic acids is 1. The summed E-state index contributed by atoms with van der Waals surface area (Å²) in [5.74, 6) is 0.673. The van der Waals surface area contributed by atoms with Gasteiger partial charge in [-0.05, 0) is 28.6 Å². The molecule has 10 heteroatoms. The Balaban J connectivity index is 1.39. The predicted octanol–water partition coefficient (Wildman–Crippen LogP) is 1.23. The molecular weight excluding hydrogens is 364 g/mol. The van der Waals surface area contributed by atoms with E-state index in [0.29, 0.717) is 30.1 Å². The molecule has 0 saturated carbocycles. The minimum Gasteiger partial charge on any atom is -0.441 e. The van der Waals surface area contributed by atoms with Crippen molar-refractivity contribution in [2.45, 2.75) is 30.8 Å². The molecule has 3 heterocycles. The fraction of sp³-hybridized carbons (Fsp3) is 0.389. The van der Waals surface area contributed by atoms with Crippen LogP contribution in [-0.2, 0) is 20.6 Å². The minimum absolute atomic E-state index is 0.195. The van der Waals surface area contributed by atoms with Gasteiger partial charge in [0.15, 0.2) is 11.9 Å². The van der Waals surface area contributed by atoms with E-state index in [2.05, 4.69) is 27.4 Å². The molecule has 2 saturated heterocycles. The molecule has 0 aliphatic carbocycles. The van der Waals surface area contributed by atoms with Gasteiger partial charge in [0, 0.05) is 12.1 Å². The van der Waals surface area contributed by atoms with Crippen LogP contribution in [0.15, 0.2) is 36.9 Å². The summed E-state index contributed by atoms with van der Waals surface area (Å²) in [5.41, 5.74) is 0.924. The van der Waals surface area contributed by atoms with Gasteiger partial charge >= 0.3 is 6.09 Å². The first kappa shape index (κ1) is 18.1. The third-order valence-corrected chi connectivity index (χ3v) is 4.68. The van der Waals surface area contributed by atoms with Crippen LogP contribution in [0.4, 0.5) is 10.5 Å². The van der Waals surface area contributed by atoms with Crippen molar-refractivity contribution in [3.63, 3.8) is 0 Å². The Morgan fingerprint density at radius 3 is 3.11 bits per heavy atom. The van der Waals surface area contributed by atoms with Crippen LogP contribution in [0.2, 0.25) is 0 Å². The van der Waals surface area contributed by atoms with Crippen molar-refractivity contribution < 1.29 is 19.0 Å². The Kier molecular flexibility index (Phi) is 5.01. The average molecular weight is 382 g/mol. The third-order valence-electron chi connectivity index (χ3n) is 4.68. The maximum Gasteiger partial charge on any atom is 0.412 e. The molecule has 4 atom stereocenters. The van der Waals surface area contributed by atoms with Crippen molar-refractivity contribution in [3.05, 3.63) is 48.3 Å². The predicted molar refractivity (Wildman–Crippen MR) is 95.3 cm³/mol. The number of hydrogen-bond donors (Lipinski definition) is 1. The monoisotopic (exact) mass is 382 g/mol. The van der Waals surface area contributed by atoms with Crippen molar-refractivity contribution in [1.29, 1.82) is 5.26 Å². The number of allylic oxidation sites excluding steroid dienone is 1. The Labute approximate surface area is 160 Å². The Morgan fingerprint density at radius 2 is 2.29 bits per heavy atom. The van der Waals surface area contributed by atoms with Crippen LogP contribution in [0.25, 0.3) is 0 Å². The molecule has 0 unspecified atom stereocenters. The molecule has 2 aliphatic heterocycles. The molecule has 0 radical (unpaired) electrons. The standard InChI is InChI=1S/C18H18N6O4/c1-2-4-15-21-22-23-24(15)13-9-26-17-14(10-27-16(13)17)28-18(25)20-12-6-3-5-11(7-12)8-19/h2-3,5-7,13-14,16-17H,1,4,9-10H2,(H,20,25)/t13-,14+,16+,17+/m0/s1. The van der Waals surface area contributed by atoms with E-state index in [1.165, 1.54) is 0 Å². The molecule has 28 heavy (non-hydrogen) atoms. The molecule has 2 fully saturated rings. The van der Waals surface area contributed by atoms with Gasteiger partial charge in [0.05, 0.1) is 24.8 Å². The van der Waals surface area contributed by atoms with E-state index in [0.717, 1.165) is 0 Å². The summed E-state index contributed by atoms with van der Waals surface area (Å²) in [6, 6.07) is 8.40. The van der Waals surface area contributed by atoms with Crippen LogP contribution < -0.4 is 5.32 Å². The van der Waals surface area contributed by atoms with Crippen molar-refractivity contribution in [2.24, 2.45) is 0 Å². The molecule has 10 nitrogen and oxygen atoms in total. The van der Waals surface area contributed by atoms with Crippen molar-refractivity contribution >= 4 is 11.8 Å². The van der Waals surface area contributed by atoms with Gasteiger partial charge in [-0.15, -0.1) is 11.7 Å². The number of tetrazole rings is 1. The Bertz CT molecular complexity index is 923. The smallest absolute Gasteiger partial charge is 0.412 e. The zero-order chi connectivity index (χ0) is 19.5. The summed E-state index contributed by atoms with van der Waals surface area (Å²) in [7, 11) is 0. The molecule has 1 amide bonds. The van der Waals surface area contributed by atoms with Crippen LogP contribution in [0, 0.1) is 11.3 Å². The van der Waals surface area contributed by atoms with E-state index in [1.807, 2.05) is 6.07 Å². The lowest BCUT2D eigenvalue weighted by atomic mass is 10.1. The number of nitrogens with one attached hydrogen (secondary N) is 1. The first-order valence-electron chi connectivity index (χ1n) is 8.78. The Hall–Kier alpha value is -3.29. The second-order valence-corrected chi connectivity index (χ2v) is 6.46. The lowest BCUT2D eigenvalue weighted by molar-refractivity contribution is 0.00765. The molecule has 1 aromatic carbocycles. The van der Waals surface area contributed by atoms with Crippen molar-refractivity contribution in [1.82, 2.24) is 20.2 Å². The average Bonchev–Trinajstić information content (AvgIpc) is 3.40. The van der Waals surface area contributed by atoms with Crippen LogP contribution in [0.1, 0.15) is 17.4 Å². The molecule has 0 spiro atoms. The number of rotatable bonds is 5. The van der Waals surface area contributed by atoms with Gasteiger partial charge in [0.1, 0.15) is 18.2 Å². The highest BCUT2D eigenvalue weighted by atomic mass is 16.6. The maximum absolute atomic E-state index is 12.2. The van der Waals surface area contributed by atoms with E-state index < -0.39 is 18.3 Å². The molecule has 0 bridgehead atoms. The summed E-state index contributed by atoms with van der Waals surface area (Å²) >= 11 is 0. The highest BCUT2D eigenvalue weighted by molar-refractivity contribution is 5.85. The summed E-state index contributed by atoms with van der Waals surface area (Å²) in [4.78, 5) is 12.2. The molecule has 1 aromatic heterocycles. The van der Waals surface area contributed by atoms with E-state index in [9.17, 15) is 4.79 Å². The fourth-order valence-corrected chi connectivity index (χ4v) is 3.44. The van der Waals surface area contributed by atoms with E-state index in [-0.39, 0.29) is 18.8 Å². The molecule has 1 N–H and O–H groups in total. The number of benzene rings is 1. The fourth-order valence-electron chi connectivity index (χ4n) is 3.44. The number of anilines is 1. The number of amides is 1.